The average molecular weight is 169 g/mol. The maximum Gasteiger partial charge on any atom is 0.502 e. The Bertz CT molecular complexity index is 248. The average Bonchev–Trinajstić information content (AvgIpc) is 2.06. The molecule has 1 rings (SSSR count). The molecule has 0 aliphatic rings. The van der Waals surface area contributed by atoms with Crippen molar-refractivity contribution < 1.29 is 9.32 Å². The molecule has 3 nitrogen and oxygen atoms in total. The smallest absolute Gasteiger partial charge is 0.333 e. The fourth-order valence-corrected chi connectivity index (χ4v) is 0.893. The largest absolute Gasteiger partial charge is 0.502 e. The van der Waals surface area contributed by atoms with Gasteiger partial charge in [-0.15, -0.1) is 0 Å². The van der Waals surface area contributed by atoms with E-state index in [0.29, 0.717) is 5.56 Å². The summed E-state index contributed by atoms with van der Waals surface area (Å²) in [5.74, 6) is 0. The van der Waals surface area contributed by atoms with Crippen LogP contribution >= 0.6 is 0 Å². The van der Waals surface area contributed by atoms with Crippen LogP contribution in [0.1, 0.15) is 5.56 Å². The predicted molar refractivity (Wildman–Crippen MR) is 41.5 cm³/mol. The molecule has 57 valence electrons. The molecule has 1 radical (unpaired) electrons. The van der Waals surface area contributed by atoms with Gasteiger partial charge in [-0.2, -0.15) is 0 Å². The van der Waals surface area contributed by atoms with Crippen LogP contribution in [0.4, 0.5) is 0 Å². The van der Waals surface area contributed by atoms with E-state index in [0.717, 1.165) is 0 Å². The summed E-state index contributed by atoms with van der Waals surface area (Å²) in [5, 5.41) is 9.31. The molecule has 0 amide bonds. The zero-order chi connectivity index (χ0) is 8.32. The van der Waals surface area contributed by atoms with Gasteiger partial charge in [-0.25, -0.2) is 0 Å². The van der Waals surface area contributed by atoms with Crippen molar-refractivity contribution >= 4 is 11.7 Å². The van der Waals surface area contributed by atoms with Crippen molar-refractivity contribution in [2.24, 2.45) is 0 Å². The third kappa shape index (κ3) is 1.78. The zero-order valence-electron chi connectivity index (χ0n) is 5.73. The molecule has 0 saturated heterocycles. The second-order valence-electron chi connectivity index (χ2n) is 2.10. The standard InChI is InChI=1S/C7H7NO2S/c1-7(9,11-10)6-2-4-8-5-3-6/h2-5,9H,1H2/q+1. The molecule has 1 N–H and O–H groups in total. The van der Waals surface area contributed by atoms with Crippen molar-refractivity contribution in [2.75, 3.05) is 0 Å². The molecular weight excluding hydrogens is 162 g/mol. The molecule has 0 spiro atoms. The SMILES string of the molecule is [CH2]C(O)([S+]=O)c1ccncc1. The quantitative estimate of drug-likeness (QED) is 0.517. The van der Waals surface area contributed by atoms with E-state index in [9.17, 15) is 9.32 Å². The Morgan fingerprint density at radius 3 is 2.55 bits per heavy atom. The van der Waals surface area contributed by atoms with Crippen LogP contribution in [0.25, 0.3) is 0 Å². The van der Waals surface area contributed by atoms with E-state index in [2.05, 4.69) is 11.9 Å². The minimum absolute atomic E-state index is 0.0469. The monoisotopic (exact) mass is 169 g/mol. The Morgan fingerprint density at radius 2 is 2.09 bits per heavy atom. The third-order valence-corrected chi connectivity index (χ3v) is 1.78. The van der Waals surface area contributed by atoms with E-state index in [1.54, 1.807) is 12.1 Å². The van der Waals surface area contributed by atoms with Gasteiger partial charge >= 0.3 is 16.6 Å². The number of nitrogens with zero attached hydrogens (tertiary/aromatic N) is 1. The van der Waals surface area contributed by atoms with Gasteiger partial charge in [0.05, 0.1) is 12.5 Å². The Labute approximate surface area is 68.6 Å². The molecule has 4 heteroatoms. The number of rotatable bonds is 2. The summed E-state index contributed by atoms with van der Waals surface area (Å²) in [5.41, 5.74) is 0.465. The van der Waals surface area contributed by atoms with E-state index >= 15 is 0 Å². The Balaban J connectivity index is 3.02. The van der Waals surface area contributed by atoms with Crippen molar-refractivity contribution in [1.29, 1.82) is 0 Å². The van der Waals surface area contributed by atoms with Gasteiger partial charge in [-0.3, -0.25) is 4.98 Å². The lowest BCUT2D eigenvalue weighted by Gasteiger charge is -2.01. The molecular formula is C7H7NO2S+. The molecule has 0 bridgehead atoms. The number of hydrogen-bond acceptors (Lipinski definition) is 3. The van der Waals surface area contributed by atoms with Gasteiger partial charge in [-0.1, -0.05) is 0 Å². The van der Waals surface area contributed by atoms with E-state index in [1.807, 2.05) is 0 Å². The lowest BCUT2D eigenvalue weighted by molar-refractivity contribution is 0.182. The summed E-state index contributed by atoms with van der Waals surface area (Å²) in [4.78, 5) is 2.15. The first-order valence-electron chi connectivity index (χ1n) is 2.96. The van der Waals surface area contributed by atoms with E-state index in [4.69, 9.17) is 0 Å². The molecule has 0 fully saturated rings. The minimum Gasteiger partial charge on any atom is -0.333 e. The van der Waals surface area contributed by atoms with Crippen molar-refractivity contribution in [1.82, 2.24) is 4.98 Å². The summed E-state index contributed by atoms with van der Waals surface area (Å²) in [6, 6.07) is 3.11. The first-order chi connectivity index (χ1) is 5.17. The van der Waals surface area contributed by atoms with Crippen LogP contribution < -0.4 is 0 Å². The van der Waals surface area contributed by atoms with Gasteiger partial charge in [0, 0.05) is 16.6 Å². The third-order valence-electron chi connectivity index (χ3n) is 1.27. The summed E-state index contributed by atoms with van der Waals surface area (Å²) in [6.07, 6.45) is 3.00. The van der Waals surface area contributed by atoms with Gasteiger partial charge in [0.1, 0.15) is 0 Å². The fraction of sp³-hybridized carbons (Fsp3) is 0.143. The van der Waals surface area contributed by atoms with Gasteiger partial charge in [0.2, 0.25) is 0 Å². The van der Waals surface area contributed by atoms with Crippen molar-refractivity contribution in [3.8, 4) is 0 Å². The van der Waals surface area contributed by atoms with Crippen LogP contribution in [-0.2, 0) is 20.8 Å². The lowest BCUT2D eigenvalue weighted by Crippen LogP contribution is -2.19. The highest BCUT2D eigenvalue weighted by Crippen LogP contribution is 2.17. The van der Waals surface area contributed by atoms with Crippen LogP contribution in [-0.4, -0.2) is 10.1 Å². The molecule has 1 aromatic heterocycles. The van der Waals surface area contributed by atoms with Crippen LogP contribution in [0.3, 0.4) is 0 Å². The van der Waals surface area contributed by atoms with E-state index in [-0.39, 0.29) is 11.7 Å². The highest BCUT2D eigenvalue weighted by Gasteiger charge is 2.38. The number of aromatic nitrogens is 1. The van der Waals surface area contributed by atoms with Gasteiger partial charge in [0.25, 0.3) is 0 Å². The van der Waals surface area contributed by atoms with Gasteiger partial charge in [0.15, 0.2) is 0 Å². The predicted octanol–water partition coefficient (Wildman–Crippen LogP) is 0.489. The molecule has 1 unspecified atom stereocenters. The zero-order valence-corrected chi connectivity index (χ0v) is 6.54. The molecule has 1 heterocycles. The highest BCUT2D eigenvalue weighted by atomic mass is 32.1. The lowest BCUT2D eigenvalue weighted by atomic mass is 10.2. The maximum absolute atomic E-state index is 10.3. The minimum atomic E-state index is -1.59. The Morgan fingerprint density at radius 1 is 1.55 bits per heavy atom. The molecule has 1 atom stereocenters. The van der Waals surface area contributed by atoms with E-state index in [1.165, 1.54) is 12.4 Å². The normalized spacial score (nSPS) is 15.5. The molecule has 1 aromatic rings. The summed E-state index contributed by atoms with van der Waals surface area (Å²) in [6.45, 7) is 3.34. The Hall–Kier alpha value is -0.870. The van der Waals surface area contributed by atoms with Gasteiger partial charge < -0.3 is 5.11 Å². The van der Waals surface area contributed by atoms with Crippen LogP contribution in [0, 0.1) is 6.92 Å². The first-order valence-corrected chi connectivity index (χ1v) is 3.70. The molecule has 0 aliphatic heterocycles. The van der Waals surface area contributed by atoms with Crippen LogP contribution in [0.2, 0.25) is 0 Å². The fourth-order valence-electron chi connectivity index (χ4n) is 0.660. The summed E-state index contributed by atoms with van der Waals surface area (Å²) in [7, 11) is 0. The second kappa shape index (κ2) is 3.02. The van der Waals surface area contributed by atoms with Crippen molar-refractivity contribution in [3.63, 3.8) is 0 Å². The second-order valence-corrected chi connectivity index (χ2v) is 2.95. The number of aliphatic hydroxyl groups is 1. The van der Waals surface area contributed by atoms with Crippen LogP contribution in [0.15, 0.2) is 24.5 Å². The van der Waals surface area contributed by atoms with Gasteiger partial charge in [-0.05, 0) is 12.1 Å². The summed E-state index contributed by atoms with van der Waals surface area (Å²) < 4.78 is 10.3. The van der Waals surface area contributed by atoms with Crippen LogP contribution in [0.5, 0.6) is 0 Å². The molecule has 0 saturated carbocycles. The maximum atomic E-state index is 10.3. The summed E-state index contributed by atoms with van der Waals surface area (Å²) >= 11 is 0.0469. The first kappa shape index (κ1) is 8.23. The topological polar surface area (TPSA) is 50.2 Å². The number of hydrogen-bond donors (Lipinski definition) is 1. The molecule has 0 aromatic carbocycles. The van der Waals surface area contributed by atoms with E-state index < -0.39 is 4.93 Å². The Kier molecular flexibility index (Phi) is 2.26. The molecule has 11 heavy (non-hydrogen) atoms. The number of pyridine rings is 1. The van der Waals surface area contributed by atoms with Crippen molar-refractivity contribution in [2.45, 2.75) is 4.93 Å². The highest BCUT2D eigenvalue weighted by molar-refractivity contribution is 7.66. The molecule has 0 aliphatic carbocycles. The van der Waals surface area contributed by atoms with Crippen molar-refractivity contribution in [3.05, 3.63) is 37.0 Å².